The number of carbonyl (C=O) groups is 1. The molecule has 3 aliphatic rings. The molecule has 1 N–H and O–H groups in total. The van der Waals surface area contributed by atoms with Crippen molar-refractivity contribution < 1.29 is 9.53 Å². The summed E-state index contributed by atoms with van der Waals surface area (Å²) in [4.78, 5) is 17.7. The minimum absolute atomic E-state index is 0.0843. The number of nitrogens with one attached hydrogen (secondary N) is 1. The Hall–Kier alpha value is -1.59. The highest BCUT2D eigenvalue weighted by Crippen LogP contribution is 2.45. The van der Waals surface area contributed by atoms with Gasteiger partial charge in [0.1, 0.15) is 11.4 Å². The number of para-hydroxylation sites is 1. The van der Waals surface area contributed by atoms with Crippen molar-refractivity contribution >= 4 is 5.91 Å². The first kappa shape index (κ1) is 16.9. The Labute approximate surface area is 150 Å². The normalized spacial score (nSPS) is 28.4. The van der Waals surface area contributed by atoms with Crippen LogP contribution < -0.4 is 10.1 Å². The van der Waals surface area contributed by atoms with Crippen molar-refractivity contribution in [3.63, 3.8) is 0 Å². The molecule has 25 heavy (non-hydrogen) atoms. The van der Waals surface area contributed by atoms with Gasteiger partial charge in [0, 0.05) is 31.6 Å². The van der Waals surface area contributed by atoms with Crippen molar-refractivity contribution in [2.24, 2.45) is 0 Å². The van der Waals surface area contributed by atoms with Gasteiger partial charge in [-0.1, -0.05) is 18.2 Å². The van der Waals surface area contributed by atoms with E-state index >= 15 is 0 Å². The summed E-state index contributed by atoms with van der Waals surface area (Å²) in [6, 6.07) is 8.46. The van der Waals surface area contributed by atoms with Gasteiger partial charge in [0.25, 0.3) is 0 Å². The number of rotatable bonds is 2. The fraction of sp³-hybridized carbons (Fsp3) is 0.650. The third kappa shape index (κ3) is 3.15. The van der Waals surface area contributed by atoms with Gasteiger partial charge in [0.05, 0.1) is 5.92 Å². The van der Waals surface area contributed by atoms with Crippen molar-refractivity contribution in [3.05, 3.63) is 29.8 Å². The zero-order chi connectivity index (χ0) is 17.4. The first-order valence-electron chi connectivity index (χ1n) is 9.52. The number of hydrogen-bond acceptors (Lipinski definition) is 4. The number of amides is 1. The van der Waals surface area contributed by atoms with Gasteiger partial charge in [0.2, 0.25) is 5.91 Å². The number of nitrogens with zero attached hydrogens (tertiary/aromatic N) is 2. The fourth-order valence-electron chi connectivity index (χ4n) is 4.68. The number of carbonyl (C=O) groups excluding carboxylic acids is 1. The van der Waals surface area contributed by atoms with Gasteiger partial charge in [-0.05, 0) is 52.0 Å². The monoisotopic (exact) mass is 343 g/mol. The third-order valence-corrected chi connectivity index (χ3v) is 6.27. The number of likely N-dealkylation sites (N-methyl/N-ethyl adjacent to an activating group) is 2. The van der Waals surface area contributed by atoms with Crippen LogP contribution in [0.15, 0.2) is 24.3 Å². The van der Waals surface area contributed by atoms with Crippen LogP contribution in [0.1, 0.15) is 37.2 Å². The zero-order valence-electron chi connectivity index (χ0n) is 15.3. The van der Waals surface area contributed by atoms with Crippen LogP contribution in [0.5, 0.6) is 5.75 Å². The minimum Gasteiger partial charge on any atom is -0.487 e. The smallest absolute Gasteiger partial charge is 0.230 e. The SMILES string of the molecule is CN1CCC(N(C)C(=O)C2CC3(CCNCC3)Oc3ccccc32)C1. The lowest BCUT2D eigenvalue weighted by Crippen LogP contribution is -2.51. The predicted octanol–water partition coefficient (Wildman–Crippen LogP) is 1.84. The van der Waals surface area contributed by atoms with E-state index in [0.717, 1.165) is 63.2 Å². The second-order valence-electron chi connectivity index (χ2n) is 7.98. The molecule has 5 heteroatoms. The molecule has 0 bridgehead atoms. The maximum atomic E-state index is 13.4. The quantitative estimate of drug-likeness (QED) is 0.890. The van der Waals surface area contributed by atoms with E-state index in [1.165, 1.54) is 0 Å². The summed E-state index contributed by atoms with van der Waals surface area (Å²) in [6.07, 6.45) is 3.82. The standard InChI is InChI=1S/C20H29N3O2/c1-22-12-7-15(14-22)23(2)19(24)17-13-20(8-10-21-11-9-20)25-18-6-4-3-5-16(17)18/h3-6,15,17,21H,7-14H2,1-2H3. The predicted molar refractivity (Wildman–Crippen MR) is 97.9 cm³/mol. The molecule has 3 aliphatic heterocycles. The van der Waals surface area contributed by atoms with Crippen LogP contribution in [-0.2, 0) is 4.79 Å². The highest BCUT2D eigenvalue weighted by molar-refractivity contribution is 5.85. The maximum absolute atomic E-state index is 13.4. The second kappa shape index (κ2) is 6.61. The molecule has 2 atom stereocenters. The Bertz CT molecular complexity index is 642. The molecule has 0 aromatic heterocycles. The van der Waals surface area contributed by atoms with E-state index in [1.807, 2.05) is 30.1 Å². The molecule has 136 valence electrons. The lowest BCUT2D eigenvalue weighted by Gasteiger charge is -2.45. The van der Waals surface area contributed by atoms with E-state index in [4.69, 9.17) is 4.74 Å². The molecule has 2 saturated heterocycles. The van der Waals surface area contributed by atoms with E-state index in [1.54, 1.807) is 0 Å². The number of piperidine rings is 1. The topological polar surface area (TPSA) is 44.8 Å². The summed E-state index contributed by atoms with van der Waals surface area (Å²) in [5.41, 5.74) is 0.877. The molecule has 3 heterocycles. The molecule has 0 aliphatic carbocycles. The maximum Gasteiger partial charge on any atom is 0.230 e. The summed E-state index contributed by atoms with van der Waals surface area (Å²) in [7, 11) is 4.12. The Morgan fingerprint density at radius 3 is 2.80 bits per heavy atom. The fourth-order valence-corrected chi connectivity index (χ4v) is 4.68. The van der Waals surface area contributed by atoms with Crippen molar-refractivity contribution in [1.82, 2.24) is 15.1 Å². The van der Waals surface area contributed by atoms with E-state index < -0.39 is 0 Å². The van der Waals surface area contributed by atoms with Crippen LogP contribution in [-0.4, -0.2) is 67.6 Å². The molecule has 5 nitrogen and oxygen atoms in total. The summed E-state index contributed by atoms with van der Waals surface area (Å²) in [6.45, 7) is 3.98. The zero-order valence-corrected chi connectivity index (χ0v) is 15.3. The molecule has 1 aromatic carbocycles. The Morgan fingerprint density at radius 2 is 2.08 bits per heavy atom. The molecule has 1 spiro atoms. The van der Waals surface area contributed by atoms with Crippen molar-refractivity contribution in [2.75, 3.05) is 40.3 Å². The molecule has 2 unspecified atom stereocenters. The summed E-state index contributed by atoms with van der Waals surface area (Å²) in [5.74, 6) is 1.08. The Morgan fingerprint density at radius 1 is 1.32 bits per heavy atom. The average Bonchev–Trinajstić information content (AvgIpc) is 3.07. The number of benzene rings is 1. The van der Waals surface area contributed by atoms with E-state index in [2.05, 4.69) is 23.3 Å². The van der Waals surface area contributed by atoms with E-state index in [0.29, 0.717) is 6.04 Å². The first-order valence-corrected chi connectivity index (χ1v) is 9.52. The van der Waals surface area contributed by atoms with Gasteiger partial charge in [-0.15, -0.1) is 0 Å². The average molecular weight is 343 g/mol. The number of likely N-dealkylation sites (tertiary alicyclic amines) is 1. The van der Waals surface area contributed by atoms with Crippen molar-refractivity contribution in [3.8, 4) is 5.75 Å². The first-order chi connectivity index (χ1) is 12.1. The summed E-state index contributed by atoms with van der Waals surface area (Å²) < 4.78 is 6.44. The highest BCUT2D eigenvalue weighted by Gasteiger charge is 2.45. The Kier molecular flexibility index (Phi) is 4.46. The number of hydrogen-bond donors (Lipinski definition) is 1. The molecule has 1 aromatic rings. The van der Waals surface area contributed by atoms with Crippen LogP contribution >= 0.6 is 0 Å². The lowest BCUT2D eigenvalue weighted by atomic mass is 9.77. The van der Waals surface area contributed by atoms with Crippen molar-refractivity contribution in [2.45, 2.75) is 43.2 Å². The van der Waals surface area contributed by atoms with E-state index in [9.17, 15) is 4.79 Å². The second-order valence-corrected chi connectivity index (χ2v) is 7.98. The van der Waals surface area contributed by atoms with Gasteiger partial charge in [-0.25, -0.2) is 0 Å². The summed E-state index contributed by atoms with van der Waals surface area (Å²) in [5, 5.41) is 3.42. The lowest BCUT2D eigenvalue weighted by molar-refractivity contribution is -0.136. The van der Waals surface area contributed by atoms with Gasteiger partial charge >= 0.3 is 0 Å². The molecular formula is C20H29N3O2. The number of ether oxygens (including phenoxy) is 1. The van der Waals surface area contributed by atoms with Crippen LogP contribution in [0, 0.1) is 0 Å². The number of fused-ring (bicyclic) bond motifs is 1. The van der Waals surface area contributed by atoms with Gasteiger partial charge in [-0.2, -0.15) is 0 Å². The van der Waals surface area contributed by atoms with Gasteiger partial charge in [0.15, 0.2) is 0 Å². The van der Waals surface area contributed by atoms with Crippen LogP contribution in [0.25, 0.3) is 0 Å². The van der Waals surface area contributed by atoms with Crippen LogP contribution in [0.3, 0.4) is 0 Å². The molecule has 0 radical (unpaired) electrons. The van der Waals surface area contributed by atoms with Gasteiger partial charge < -0.3 is 19.9 Å². The summed E-state index contributed by atoms with van der Waals surface area (Å²) >= 11 is 0. The molecule has 0 saturated carbocycles. The van der Waals surface area contributed by atoms with Crippen molar-refractivity contribution in [1.29, 1.82) is 0 Å². The molecule has 1 amide bonds. The Balaban J connectivity index is 1.61. The van der Waals surface area contributed by atoms with Gasteiger partial charge in [-0.3, -0.25) is 4.79 Å². The molecule has 4 rings (SSSR count). The van der Waals surface area contributed by atoms with E-state index in [-0.39, 0.29) is 17.4 Å². The minimum atomic E-state index is -0.187. The molecular weight excluding hydrogens is 314 g/mol. The highest BCUT2D eigenvalue weighted by atomic mass is 16.5. The third-order valence-electron chi connectivity index (χ3n) is 6.27. The molecule has 2 fully saturated rings. The van der Waals surface area contributed by atoms with Crippen LogP contribution in [0.2, 0.25) is 0 Å². The van der Waals surface area contributed by atoms with Crippen LogP contribution in [0.4, 0.5) is 0 Å². The largest absolute Gasteiger partial charge is 0.487 e.